The van der Waals surface area contributed by atoms with Gasteiger partial charge in [0.2, 0.25) is 11.8 Å². The van der Waals surface area contributed by atoms with Crippen molar-refractivity contribution >= 4 is 11.8 Å². The van der Waals surface area contributed by atoms with Crippen molar-refractivity contribution in [2.24, 2.45) is 5.41 Å². The summed E-state index contributed by atoms with van der Waals surface area (Å²) in [6.45, 7) is 7.99. The van der Waals surface area contributed by atoms with E-state index in [2.05, 4.69) is 10.6 Å². The van der Waals surface area contributed by atoms with E-state index >= 15 is 0 Å². The molecule has 0 aliphatic rings. The Balaban J connectivity index is 3.60. The number of nitrogens with one attached hydrogen (secondary N) is 2. The number of hydrogen-bond acceptors (Lipinski definition) is 2. The van der Waals surface area contributed by atoms with Crippen LogP contribution in [0.5, 0.6) is 0 Å². The molecule has 0 atom stereocenters. The number of rotatable bonds is 4. The third-order valence-corrected chi connectivity index (χ3v) is 1.58. The van der Waals surface area contributed by atoms with E-state index in [0.29, 0.717) is 12.8 Å². The number of amides is 2. The van der Waals surface area contributed by atoms with E-state index in [9.17, 15) is 9.59 Å². The summed E-state index contributed by atoms with van der Waals surface area (Å²) in [5, 5.41) is 5.21. The average molecular weight is 200 g/mol. The van der Waals surface area contributed by atoms with Gasteiger partial charge in [-0.2, -0.15) is 0 Å². The standard InChI is InChI=1S/C10H20N2O2/c1-5-8(13)11-7-12-9(14)6-10(2,3)4/h5-7H2,1-4H3,(H,11,13)(H,12,14). The zero-order chi connectivity index (χ0) is 11.2. The van der Waals surface area contributed by atoms with Crippen LogP contribution in [0.25, 0.3) is 0 Å². The lowest BCUT2D eigenvalue weighted by Gasteiger charge is -2.17. The summed E-state index contributed by atoms with van der Waals surface area (Å²) >= 11 is 0. The molecule has 0 spiro atoms. The summed E-state index contributed by atoms with van der Waals surface area (Å²) < 4.78 is 0. The first-order chi connectivity index (χ1) is 6.35. The van der Waals surface area contributed by atoms with Crippen LogP contribution in [-0.2, 0) is 9.59 Å². The first-order valence-electron chi connectivity index (χ1n) is 4.88. The third kappa shape index (κ3) is 7.58. The molecule has 0 heterocycles. The van der Waals surface area contributed by atoms with E-state index in [1.165, 1.54) is 0 Å². The summed E-state index contributed by atoms with van der Waals surface area (Å²) in [6, 6.07) is 0. The van der Waals surface area contributed by atoms with Crippen LogP contribution in [0.3, 0.4) is 0 Å². The zero-order valence-corrected chi connectivity index (χ0v) is 9.44. The maximum Gasteiger partial charge on any atom is 0.221 e. The maximum atomic E-state index is 11.3. The monoisotopic (exact) mass is 200 g/mol. The van der Waals surface area contributed by atoms with Gasteiger partial charge in [-0.05, 0) is 5.41 Å². The van der Waals surface area contributed by atoms with Gasteiger partial charge in [-0.25, -0.2) is 0 Å². The Labute approximate surface area is 85.4 Å². The minimum atomic E-state index is -0.0546. The smallest absolute Gasteiger partial charge is 0.221 e. The molecule has 0 saturated carbocycles. The predicted molar refractivity (Wildman–Crippen MR) is 55.5 cm³/mol. The highest BCUT2D eigenvalue weighted by Crippen LogP contribution is 2.17. The molecule has 14 heavy (non-hydrogen) atoms. The van der Waals surface area contributed by atoms with Gasteiger partial charge >= 0.3 is 0 Å². The van der Waals surface area contributed by atoms with E-state index in [1.54, 1.807) is 6.92 Å². The molecule has 0 unspecified atom stereocenters. The van der Waals surface area contributed by atoms with E-state index < -0.39 is 0 Å². The minimum absolute atomic E-state index is 0.0150. The fourth-order valence-electron chi connectivity index (χ4n) is 0.911. The maximum absolute atomic E-state index is 11.3. The molecular formula is C10H20N2O2. The van der Waals surface area contributed by atoms with Crippen molar-refractivity contribution in [2.75, 3.05) is 6.67 Å². The second-order valence-electron chi connectivity index (χ2n) is 4.47. The van der Waals surface area contributed by atoms with Crippen LogP contribution >= 0.6 is 0 Å². The molecule has 0 radical (unpaired) electrons. The van der Waals surface area contributed by atoms with Crippen molar-refractivity contribution in [2.45, 2.75) is 40.5 Å². The van der Waals surface area contributed by atoms with Crippen molar-refractivity contribution in [1.82, 2.24) is 10.6 Å². The Kier molecular flexibility index (Phi) is 5.20. The number of carbonyl (C=O) groups excluding carboxylic acids is 2. The Bertz CT molecular complexity index is 207. The highest BCUT2D eigenvalue weighted by atomic mass is 16.2. The van der Waals surface area contributed by atoms with Crippen molar-refractivity contribution in [3.8, 4) is 0 Å². The molecule has 0 aromatic carbocycles. The summed E-state index contributed by atoms with van der Waals surface area (Å²) in [4.78, 5) is 22.1. The molecular weight excluding hydrogens is 180 g/mol. The second kappa shape index (κ2) is 5.62. The number of carbonyl (C=O) groups is 2. The lowest BCUT2D eigenvalue weighted by atomic mass is 9.92. The first kappa shape index (κ1) is 12.9. The molecule has 4 heteroatoms. The van der Waals surface area contributed by atoms with Gasteiger partial charge in [0.15, 0.2) is 0 Å². The highest BCUT2D eigenvalue weighted by molar-refractivity contribution is 5.78. The SMILES string of the molecule is CCC(=O)NCNC(=O)CC(C)(C)C. The van der Waals surface area contributed by atoms with Crippen molar-refractivity contribution in [3.05, 3.63) is 0 Å². The van der Waals surface area contributed by atoms with E-state index in [4.69, 9.17) is 0 Å². The Hall–Kier alpha value is -1.06. The molecule has 0 aromatic rings. The van der Waals surface area contributed by atoms with Gasteiger partial charge in [0.05, 0.1) is 6.67 Å². The number of hydrogen-bond donors (Lipinski definition) is 2. The molecule has 4 nitrogen and oxygen atoms in total. The average Bonchev–Trinajstić information content (AvgIpc) is 2.00. The van der Waals surface area contributed by atoms with Crippen molar-refractivity contribution in [3.63, 3.8) is 0 Å². The molecule has 2 amide bonds. The van der Waals surface area contributed by atoms with Crippen molar-refractivity contribution in [1.29, 1.82) is 0 Å². The second-order valence-corrected chi connectivity index (χ2v) is 4.47. The van der Waals surface area contributed by atoms with Crippen LogP contribution in [0.1, 0.15) is 40.5 Å². The molecule has 0 fully saturated rings. The zero-order valence-electron chi connectivity index (χ0n) is 9.44. The van der Waals surface area contributed by atoms with Gasteiger partial charge in [-0.15, -0.1) is 0 Å². The first-order valence-corrected chi connectivity index (χ1v) is 4.88. The van der Waals surface area contributed by atoms with Crippen LogP contribution in [0.2, 0.25) is 0 Å². The fourth-order valence-corrected chi connectivity index (χ4v) is 0.911. The summed E-state index contributed by atoms with van der Waals surface area (Å²) in [6.07, 6.45) is 0.907. The molecule has 0 aromatic heterocycles. The summed E-state index contributed by atoms with van der Waals surface area (Å²) in [5.41, 5.74) is -0.0150. The van der Waals surface area contributed by atoms with Crippen LogP contribution < -0.4 is 10.6 Å². The Morgan fingerprint density at radius 2 is 1.57 bits per heavy atom. The summed E-state index contributed by atoms with van der Waals surface area (Å²) in [5.74, 6) is -0.0880. The van der Waals surface area contributed by atoms with Gasteiger partial charge in [-0.1, -0.05) is 27.7 Å². The normalized spacial score (nSPS) is 10.9. The lowest BCUT2D eigenvalue weighted by Crippen LogP contribution is -2.38. The topological polar surface area (TPSA) is 58.2 Å². The van der Waals surface area contributed by atoms with Gasteiger partial charge in [0.1, 0.15) is 0 Å². The molecule has 82 valence electrons. The highest BCUT2D eigenvalue weighted by Gasteiger charge is 2.15. The van der Waals surface area contributed by atoms with E-state index in [1.807, 2.05) is 20.8 Å². The quantitative estimate of drug-likeness (QED) is 0.666. The molecule has 0 bridgehead atoms. The lowest BCUT2D eigenvalue weighted by molar-refractivity contribution is -0.123. The van der Waals surface area contributed by atoms with Crippen molar-refractivity contribution < 1.29 is 9.59 Å². The molecule has 0 rings (SSSR count). The van der Waals surface area contributed by atoms with Crippen LogP contribution in [0.15, 0.2) is 0 Å². The molecule has 0 aliphatic carbocycles. The largest absolute Gasteiger partial charge is 0.339 e. The van der Waals surface area contributed by atoms with Crippen LogP contribution in [-0.4, -0.2) is 18.5 Å². The van der Waals surface area contributed by atoms with E-state index in [-0.39, 0.29) is 23.9 Å². The third-order valence-electron chi connectivity index (χ3n) is 1.58. The van der Waals surface area contributed by atoms with Gasteiger partial charge in [0.25, 0.3) is 0 Å². The Morgan fingerprint density at radius 1 is 1.07 bits per heavy atom. The fraction of sp³-hybridized carbons (Fsp3) is 0.800. The van der Waals surface area contributed by atoms with E-state index in [0.717, 1.165) is 0 Å². The van der Waals surface area contributed by atoms with Crippen LogP contribution in [0.4, 0.5) is 0 Å². The minimum Gasteiger partial charge on any atom is -0.339 e. The van der Waals surface area contributed by atoms with Crippen LogP contribution in [0, 0.1) is 5.41 Å². The molecule has 0 aliphatic heterocycles. The van der Waals surface area contributed by atoms with Gasteiger partial charge in [0, 0.05) is 12.8 Å². The summed E-state index contributed by atoms with van der Waals surface area (Å²) in [7, 11) is 0. The Morgan fingerprint density at radius 3 is 2.00 bits per heavy atom. The van der Waals surface area contributed by atoms with Gasteiger partial charge in [-0.3, -0.25) is 9.59 Å². The predicted octanol–water partition coefficient (Wildman–Crippen LogP) is 1.02. The molecule has 0 saturated heterocycles. The molecule has 2 N–H and O–H groups in total. The van der Waals surface area contributed by atoms with Gasteiger partial charge < -0.3 is 10.6 Å².